The number of likely N-dealkylation sites (N-methyl/N-ethyl adjacent to an activating group) is 1. The second kappa shape index (κ2) is 9.42. The Morgan fingerprint density at radius 2 is 1.74 bits per heavy atom. The number of fused-ring (bicyclic) bond motifs is 2. The first-order valence-corrected chi connectivity index (χ1v) is 9.43. The summed E-state index contributed by atoms with van der Waals surface area (Å²) in [4.78, 5) is 25.7. The van der Waals surface area contributed by atoms with E-state index in [1.165, 1.54) is 11.3 Å². The number of carbonyl (C=O) groups is 2. The monoisotopic (exact) mass is 395 g/mol. The van der Waals surface area contributed by atoms with Gasteiger partial charge in [-0.25, -0.2) is 0 Å². The van der Waals surface area contributed by atoms with Crippen LogP contribution < -0.4 is 15.8 Å². The number of nitrogens with two attached hydrogens (primary N) is 1. The number of halogens is 1. The van der Waals surface area contributed by atoms with Gasteiger partial charge < -0.3 is 20.7 Å². The number of benzene rings is 1. The largest absolute Gasteiger partial charge is 0.484 e. The van der Waals surface area contributed by atoms with Gasteiger partial charge in [-0.15, -0.1) is 12.4 Å². The average molecular weight is 396 g/mol. The van der Waals surface area contributed by atoms with Gasteiger partial charge in [0.15, 0.2) is 6.61 Å². The molecule has 0 spiro atoms. The zero-order chi connectivity index (χ0) is 18.7. The molecule has 0 radical (unpaired) electrons. The molecule has 2 atom stereocenters. The third-order valence-electron chi connectivity index (χ3n) is 5.77. The number of hydrogen-bond donors (Lipinski definition) is 2. The molecule has 3 N–H and O–H groups in total. The Labute approximate surface area is 167 Å². The van der Waals surface area contributed by atoms with Crippen LogP contribution in [0.1, 0.15) is 32.1 Å². The Kier molecular flexibility index (Phi) is 7.50. The Bertz CT molecular complexity index is 636. The maximum absolute atomic E-state index is 12.6. The van der Waals surface area contributed by atoms with E-state index in [1.54, 1.807) is 26.2 Å². The van der Waals surface area contributed by atoms with E-state index >= 15 is 0 Å². The second-order valence-electron chi connectivity index (χ2n) is 7.79. The van der Waals surface area contributed by atoms with Gasteiger partial charge in [0.25, 0.3) is 5.91 Å². The van der Waals surface area contributed by atoms with Crippen LogP contribution in [0, 0.1) is 17.8 Å². The zero-order valence-corrected chi connectivity index (χ0v) is 16.8. The summed E-state index contributed by atoms with van der Waals surface area (Å²) in [5.41, 5.74) is 7.06. The number of amides is 2. The molecule has 27 heavy (non-hydrogen) atoms. The van der Waals surface area contributed by atoms with Crippen LogP contribution in [0.2, 0.25) is 0 Å². The molecule has 2 bridgehead atoms. The van der Waals surface area contributed by atoms with Crippen molar-refractivity contribution < 1.29 is 14.3 Å². The fourth-order valence-electron chi connectivity index (χ4n) is 4.16. The molecule has 2 fully saturated rings. The summed E-state index contributed by atoms with van der Waals surface area (Å²) in [6.07, 6.45) is 5.35. The normalized spacial score (nSPS) is 26.5. The number of nitrogens with one attached hydrogen (secondary N) is 1. The smallest absolute Gasteiger partial charge is 0.259 e. The minimum Gasteiger partial charge on any atom is -0.484 e. The van der Waals surface area contributed by atoms with Crippen molar-refractivity contribution in [2.45, 2.75) is 38.1 Å². The van der Waals surface area contributed by atoms with Gasteiger partial charge in [-0.3, -0.25) is 9.59 Å². The fourth-order valence-corrected chi connectivity index (χ4v) is 4.16. The lowest BCUT2D eigenvalue weighted by atomic mass is 9.65. The highest BCUT2D eigenvalue weighted by Crippen LogP contribution is 2.42. The minimum atomic E-state index is -0.0940. The van der Waals surface area contributed by atoms with Crippen LogP contribution in [-0.4, -0.2) is 43.5 Å². The third-order valence-corrected chi connectivity index (χ3v) is 5.77. The summed E-state index contributed by atoms with van der Waals surface area (Å²) in [5, 5.41) is 3.02. The molecule has 6 nitrogen and oxygen atoms in total. The van der Waals surface area contributed by atoms with Crippen LogP contribution in [0.15, 0.2) is 24.3 Å². The van der Waals surface area contributed by atoms with Gasteiger partial charge in [0, 0.05) is 31.7 Å². The molecular weight excluding hydrogens is 366 g/mol. The zero-order valence-electron chi connectivity index (χ0n) is 16.0. The van der Waals surface area contributed by atoms with Crippen molar-refractivity contribution in [3.8, 4) is 5.75 Å². The van der Waals surface area contributed by atoms with Crippen molar-refractivity contribution in [1.29, 1.82) is 0 Å². The van der Waals surface area contributed by atoms with Crippen LogP contribution in [-0.2, 0) is 9.59 Å². The van der Waals surface area contributed by atoms with E-state index in [9.17, 15) is 9.59 Å². The van der Waals surface area contributed by atoms with Crippen molar-refractivity contribution in [3.63, 3.8) is 0 Å². The summed E-state index contributed by atoms with van der Waals surface area (Å²) in [6, 6.07) is 7.42. The first-order chi connectivity index (χ1) is 12.4. The van der Waals surface area contributed by atoms with E-state index in [-0.39, 0.29) is 42.8 Å². The molecule has 7 heteroatoms. The van der Waals surface area contributed by atoms with E-state index in [2.05, 4.69) is 5.32 Å². The first-order valence-electron chi connectivity index (χ1n) is 9.43. The SMILES string of the molecule is CN(C)C(=O)COc1ccc(NC(=O)C2CC3CCCC(C2)C3N)cc1.Cl. The Morgan fingerprint density at radius 3 is 2.30 bits per heavy atom. The number of hydrogen-bond acceptors (Lipinski definition) is 4. The molecule has 2 saturated carbocycles. The molecule has 3 rings (SSSR count). The summed E-state index contributed by atoms with van der Waals surface area (Å²) in [6.45, 7) is 0.00378. The molecular formula is C20H30ClN3O3. The number of anilines is 1. The quantitative estimate of drug-likeness (QED) is 0.802. The summed E-state index contributed by atoms with van der Waals surface area (Å²) in [7, 11) is 3.38. The van der Waals surface area contributed by atoms with Crippen molar-refractivity contribution >= 4 is 29.9 Å². The Hall–Kier alpha value is -1.79. The molecule has 150 valence electrons. The number of ether oxygens (including phenoxy) is 1. The van der Waals surface area contributed by atoms with Crippen LogP contribution in [0.3, 0.4) is 0 Å². The topological polar surface area (TPSA) is 84.7 Å². The molecule has 1 aromatic rings. The maximum atomic E-state index is 12.6. The number of nitrogens with zero attached hydrogens (tertiary/aromatic N) is 1. The fraction of sp³-hybridized carbons (Fsp3) is 0.600. The molecule has 2 amide bonds. The van der Waals surface area contributed by atoms with E-state index in [0.29, 0.717) is 17.6 Å². The lowest BCUT2D eigenvalue weighted by Gasteiger charge is -2.43. The Morgan fingerprint density at radius 1 is 1.15 bits per heavy atom. The molecule has 0 aromatic heterocycles. The van der Waals surface area contributed by atoms with E-state index in [4.69, 9.17) is 10.5 Å². The van der Waals surface area contributed by atoms with Gasteiger partial charge in [-0.1, -0.05) is 6.42 Å². The minimum absolute atomic E-state index is 0. The van der Waals surface area contributed by atoms with Crippen molar-refractivity contribution in [2.75, 3.05) is 26.0 Å². The highest BCUT2D eigenvalue weighted by atomic mass is 35.5. The molecule has 0 heterocycles. The highest BCUT2D eigenvalue weighted by Gasteiger charge is 2.40. The number of carbonyl (C=O) groups excluding carboxylic acids is 2. The van der Waals surface area contributed by atoms with Crippen LogP contribution >= 0.6 is 12.4 Å². The maximum Gasteiger partial charge on any atom is 0.259 e. The van der Waals surface area contributed by atoms with Crippen LogP contribution in [0.25, 0.3) is 0 Å². The van der Waals surface area contributed by atoms with Gasteiger partial charge in [-0.2, -0.15) is 0 Å². The lowest BCUT2D eigenvalue weighted by Crippen LogP contribution is -2.48. The first kappa shape index (κ1) is 21.5. The average Bonchev–Trinajstić information content (AvgIpc) is 2.60. The van der Waals surface area contributed by atoms with Crippen molar-refractivity contribution in [1.82, 2.24) is 4.90 Å². The van der Waals surface area contributed by atoms with Gasteiger partial charge in [0.1, 0.15) is 5.75 Å². The molecule has 2 aliphatic rings. The number of rotatable bonds is 5. The Balaban J connectivity index is 0.00000261. The van der Waals surface area contributed by atoms with E-state index in [1.807, 2.05) is 12.1 Å². The second-order valence-corrected chi connectivity index (χ2v) is 7.79. The van der Waals surface area contributed by atoms with E-state index in [0.717, 1.165) is 31.4 Å². The summed E-state index contributed by atoms with van der Waals surface area (Å²) in [5.74, 6) is 1.63. The molecule has 2 unspecified atom stereocenters. The molecule has 0 saturated heterocycles. The predicted molar refractivity (Wildman–Crippen MR) is 108 cm³/mol. The highest BCUT2D eigenvalue weighted by molar-refractivity contribution is 5.92. The van der Waals surface area contributed by atoms with Gasteiger partial charge in [-0.05, 0) is 61.8 Å². The summed E-state index contributed by atoms with van der Waals surface area (Å²) < 4.78 is 5.45. The molecule has 1 aromatic carbocycles. The summed E-state index contributed by atoms with van der Waals surface area (Å²) >= 11 is 0. The van der Waals surface area contributed by atoms with Gasteiger partial charge in [0.05, 0.1) is 0 Å². The standard InChI is InChI=1S/C20H29N3O3.ClH/c1-23(2)18(24)12-26-17-8-6-16(7-9-17)22-20(25)15-10-13-4-3-5-14(11-15)19(13)21;/h6-9,13-15,19H,3-5,10-12,21H2,1-2H3,(H,22,25);1H. The van der Waals surface area contributed by atoms with Crippen molar-refractivity contribution in [3.05, 3.63) is 24.3 Å². The predicted octanol–water partition coefficient (Wildman–Crippen LogP) is 2.67. The van der Waals surface area contributed by atoms with Crippen molar-refractivity contribution in [2.24, 2.45) is 23.5 Å². The van der Waals surface area contributed by atoms with Gasteiger partial charge in [0.2, 0.25) is 5.91 Å². The molecule has 2 aliphatic carbocycles. The van der Waals surface area contributed by atoms with Gasteiger partial charge >= 0.3 is 0 Å². The van der Waals surface area contributed by atoms with Crippen LogP contribution in [0.4, 0.5) is 5.69 Å². The van der Waals surface area contributed by atoms with E-state index < -0.39 is 0 Å². The molecule has 0 aliphatic heterocycles. The third kappa shape index (κ3) is 5.36. The van der Waals surface area contributed by atoms with Crippen LogP contribution in [0.5, 0.6) is 5.75 Å². The lowest BCUT2D eigenvalue weighted by molar-refractivity contribution is -0.130.